The first-order valence-corrected chi connectivity index (χ1v) is 11.5. The van der Waals surface area contributed by atoms with E-state index < -0.39 is 0 Å². The number of para-hydroxylation sites is 1. The molecular weight excluding hydrogens is 434 g/mol. The fourth-order valence-electron chi connectivity index (χ4n) is 3.76. The monoisotopic (exact) mass is 459 g/mol. The highest BCUT2D eigenvalue weighted by molar-refractivity contribution is 7.99. The number of thioether (sulfide) groups is 1. The van der Waals surface area contributed by atoms with Gasteiger partial charge in [-0.2, -0.15) is 0 Å². The van der Waals surface area contributed by atoms with Crippen LogP contribution in [0, 0.1) is 13.8 Å². The first kappa shape index (κ1) is 22.5. The lowest BCUT2D eigenvalue weighted by Crippen LogP contribution is -2.32. The van der Waals surface area contributed by atoms with E-state index in [0.29, 0.717) is 34.9 Å². The van der Waals surface area contributed by atoms with Crippen LogP contribution in [-0.2, 0) is 4.79 Å². The van der Waals surface area contributed by atoms with Gasteiger partial charge in [0.1, 0.15) is 0 Å². The van der Waals surface area contributed by atoms with Gasteiger partial charge in [-0.3, -0.25) is 14.0 Å². The van der Waals surface area contributed by atoms with Crippen LogP contribution in [0.2, 0.25) is 0 Å². The third-order valence-electron chi connectivity index (χ3n) is 5.38. The summed E-state index contributed by atoms with van der Waals surface area (Å²) in [4.78, 5) is 27.9. The molecular formula is C25H25N5O2S. The van der Waals surface area contributed by atoms with E-state index in [1.165, 1.54) is 11.8 Å². The number of rotatable bonds is 8. The third-order valence-corrected chi connectivity index (χ3v) is 6.29. The second kappa shape index (κ2) is 9.46. The van der Waals surface area contributed by atoms with Crippen molar-refractivity contribution in [1.29, 1.82) is 0 Å². The van der Waals surface area contributed by atoms with Crippen molar-refractivity contribution in [1.82, 2.24) is 24.1 Å². The summed E-state index contributed by atoms with van der Waals surface area (Å²) in [5.74, 6) is 0.541. The molecule has 2 aromatic carbocycles. The van der Waals surface area contributed by atoms with E-state index in [1.807, 2.05) is 54.6 Å². The van der Waals surface area contributed by atoms with Gasteiger partial charge in [0.05, 0.1) is 22.3 Å². The number of aromatic nitrogens is 4. The molecule has 8 heteroatoms. The fraction of sp³-hybridized carbons (Fsp3) is 0.200. The Labute approximate surface area is 196 Å². The number of benzene rings is 2. The molecule has 2 aromatic heterocycles. The largest absolute Gasteiger partial charge is 0.335 e. The average molecular weight is 460 g/mol. The summed E-state index contributed by atoms with van der Waals surface area (Å²) >= 11 is 1.29. The van der Waals surface area contributed by atoms with Gasteiger partial charge in [0.25, 0.3) is 5.56 Å². The summed E-state index contributed by atoms with van der Waals surface area (Å²) < 4.78 is 3.45. The van der Waals surface area contributed by atoms with Crippen LogP contribution >= 0.6 is 11.8 Å². The van der Waals surface area contributed by atoms with Crippen molar-refractivity contribution in [3.8, 4) is 5.69 Å². The van der Waals surface area contributed by atoms with Crippen LogP contribution in [0.5, 0.6) is 0 Å². The van der Waals surface area contributed by atoms with E-state index in [9.17, 15) is 9.59 Å². The minimum Gasteiger partial charge on any atom is -0.335 e. The molecule has 4 aromatic rings. The molecule has 4 rings (SSSR count). The number of carbonyl (C=O) groups is 1. The molecule has 0 radical (unpaired) electrons. The van der Waals surface area contributed by atoms with Crippen LogP contribution in [-0.4, -0.2) is 48.8 Å². The fourth-order valence-corrected chi connectivity index (χ4v) is 4.60. The summed E-state index contributed by atoms with van der Waals surface area (Å²) in [6.07, 6.45) is 3.38. The Kier molecular flexibility index (Phi) is 6.46. The van der Waals surface area contributed by atoms with Crippen molar-refractivity contribution >= 4 is 34.3 Å². The molecule has 0 aliphatic rings. The van der Waals surface area contributed by atoms with Crippen LogP contribution < -0.4 is 5.56 Å². The molecule has 1 amide bonds. The Bertz CT molecular complexity index is 1430. The first-order chi connectivity index (χ1) is 16.0. The molecule has 0 bridgehead atoms. The molecule has 33 heavy (non-hydrogen) atoms. The highest BCUT2D eigenvalue weighted by atomic mass is 32.2. The summed E-state index contributed by atoms with van der Waals surface area (Å²) in [7, 11) is 0. The lowest BCUT2D eigenvalue weighted by atomic mass is 10.1. The van der Waals surface area contributed by atoms with Crippen molar-refractivity contribution in [2.45, 2.75) is 19.0 Å². The van der Waals surface area contributed by atoms with Crippen molar-refractivity contribution < 1.29 is 4.79 Å². The SMILES string of the molecule is C=CCN(CC=C)C(=O)CSc1nnc2n(-c3cc(C)ccc3C)c(=O)c3ccccc3n12. The Morgan fingerprint density at radius 1 is 1.09 bits per heavy atom. The zero-order valence-corrected chi connectivity index (χ0v) is 19.5. The Balaban J connectivity index is 1.86. The predicted octanol–water partition coefficient (Wildman–Crippen LogP) is 3.94. The standard InChI is InChI=1S/C25H25N5O2S/c1-5-13-28(14-6-2)22(31)16-33-25-27-26-24-29(21-15-17(3)11-12-18(21)4)23(32)19-9-7-8-10-20(19)30(24)25/h5-12,15H,1-2,13-14,16H2,3-4H3. The average Bonchev–Trinajstić information content (AvgIpc) is 3.23. The second-order valence-electron chi connectivity index (χ2n) is 7.73. The Morgan fingerprint density at radius 3 is 2.55 bits per heavy atom. The number of aryl methyl sites for hydroxylation is 2. The van der Waals surface area contributed by atoms with Crippen LogP contribution in [0.15, 0.2) is 77.7 Å². The van der Waals surface area contributed by atoms with Gasteiger partial charge in [0.15, 0.2) is 5.16 Å². The molecule has 0 saturated carbocycles. The zero-order chi connectivity index (χ0) is 23.5. The van der Waals surface area contributed by atoms with E-state index in [4.69, 9.17) is 0 Å². The number of fused-ring (bicyclic) bond motifs is 3. The summed E-state index contributed by atoms with van der Waals surface area (Å²) in [6, 6.07) is 13.4. The minimum absolute atomic E-state index is 0.0521. The minimum atomic E-state index is -0.157. The van der Waals surface area contributed by atoms with E-state index in [-0.39, 0.29) is 17.2 Å². The maximum absolute atomic E-state index is 13.5. The third kappa shape index (κ3) is 4.21. The number of hydrogen-bond donors (Lipinski definition) is 0. The maximum Gasteiger partial charge on any atom is 0.267 e. The maximum atomic E-state index is 13.5. The van der Waals surface area contributed by atoms with E-state index >= 15 is 0 Å². The second-order valence-corrected chi connectivity index (χ2v) is 8.67. The first-order valence-electron chi connectivity index (χ1n) is 10.5. The Morgan fingerprint density at radius 2 is 1.82 bits per heavy atom. The van der Waals surface area contributed by atoms with Gasteiger partial charge in [-0.1, -0.05) is 48.2 Å². The number of carbonyl (C=O) groups excluding carboxylic acids is 1. The van der Waals surface area contributed by atoms with Gasteiger partial charge in [-0.25, -0.2) is 4.57 Å². The van der Waals surface area contributed by atoms with Gasteiger partial charge in [0.2, 0.25) is 11.7 Å². The molecule has 0 aliphatic carbocycles. The molecule has 0 atom stereocenters. The molecule has 0 aliphatic heterocycles. The quantitative estimate of drug-likeness (QED) is 0.295. The molecule has 7 nitrogen and oxygen atoms in total. The lowest BCUT2D eigenvalue weighted by molar-refractivity contribution is -0.127. The van der Waals surface area contributed by atoms with E-state index in [2.05, 4.69) is 23.4 Å². The molecule has 0 unspecified atom stereocenters. The summed E-state index contributed by atoms with van der Waals surface area (Å²) in [5, 5.41) is 9.82. The molecule has 0 fully saturated rings. The molecule has 168 valence electrons. The molecule has 0 saturated heterocycles. The highest BCUT2D eigenvalue weighted by Gasteiger charge is 2.20. The molecule has 2 heterocycles. The highest BCUT2D eigenvalue weighted by Crippen LogP contribution is 2.25. The zero-order valence-electron chi connectivity index (χ0n) is 18.7. The van der Waals surface area contributed by atoms with Crippen molar-refractivity contribution in [2.24, 2.45) is 0 Å². The normalized spacial score (nSPS) is 11.1. The van der Waals surface area contributed by atoms with E-state index in [1.54, 1.807) is 27.7 Å². The van der Waals surface area contributed by atoms with Gasteiger partial charge in [0, 0.05) is 13.1 Å². The predicted molar refractivity (Wildman–Crippen MR) is 133 cm³/mol. The van der Waals surface area contributed by atoms with Crippen LogP contribution in [0.25, 0.3) is 22.4 Å². The van der Waals surface area contributed by atoms with Gasteiger partial charge >= 0.3 is 0 Å². The van der Waals surface area contributed by atoms with Gasteiger partial charge in [-0.15, -0.1) is 23.4 Å². The topological polar surface area (TPSA) is 72.5 Å². The van der Waals surface area contributed by atoms with Crippen molar-refractivity contribution in [3.05, 3.63) is 89.3 Å². The summed E-state index contributed by atoms with van der Waals surface area (Å²) in [6.45, 7) is 12.3. The van der Waals surface area contributed by atoms with Crippen LogP contribution in [0.1, 0.15) is 11.1 Å². The van der Waals surface area contributed by atoms with Crippen molar-refractivity contribution in [3.63, 3.8) is 0 Å². The lowest BCUT2D eigenvalue weighted by Gasteiger charge is -2.18. The van der Waals surface area contributed by atoms with Crippen LogP contribution in [0.3, 0.4) is 0 Å². The van der Waals surface area contributed by atoms with Gasteiger partial charge < -0.3 is 4.90 Å². The van der Waals surface area contributed by atoms with Crippen LogP contribution in [0.4, 0.5) is 0 Å². The smallest absolute Gasteiger partial charge is 0.267 e. The molecule has 0 N–H and O–H groups in total. The van der Waals surface area contributed by atoms with Gasteiger partial charge in [-0.05, 0) is 43.2 Å². The summed E-state index contributed by atoms with van der Waals surface area (Å²) in [5.41, 5.74) is 3.30. The van der Waals surface area contributed by atoms with Crippen molar-refractivity contribution in [2.75, 3.05) is 18.8 Å². The van der Waals surface area contributed by atoms with E-state index in [0.717, 1.165) is 16.8 Å². The number of hydrogen-bond acceptors (Lipinski definition) is 5. The number of amides is 1. The Hall–Kier alpha value is -3.65. The molecule has 0 spiro atoms. The number of nitrogens with zero attached hydrogens (tertiary/aromatic N) is 5.